The average Bonchev–Trinajstić information content (AvgIpc) is 3.20. The van der Waals surface area contributed by atoms with E-state index in [2.05, 4.69) is 64.5 Å². The number of nitrogens with one attached hydrogen (secondary N) is 1. The van der Waals surface area contributed by atoms with E-state index in [1.165, 1.54) is 27.7 Å². The second-order valence-electron chi connectivity index (χ2n) is 8.28. The molecular formula is C27H27FN2. The molecule has 2 heterocycles. The summed E-state index contributed by atoms with van der Waals surface area (Å²) in [4.78, 5) is 5.95. The number of fused-ring (bicyclic) bond motifs is 1. The SMILES string of the molecule is FC(CN1CCC(c2c(-c3ccccc3)[nH]c3ccccc23)CC1)c1ccccc1. The van der Waals surface area contributed by atoms with E-state index in [1.807, 2.05) is 30.3 Å². The molecule has 30 heavy (non-hydrogen) atoms. The summed E-state index contributed by atoms with van der Waals surface area (Å²) in [5.41, 5.74) is 5.88. The molecule has 1 fully saturated rings. The molecule has 1 saturated heterocycles. The second-order valence-corrected chi connectivity index (χ2v) is 8.28. The lowest BCUT2D eigenvalue weighted by atomic mass is 9.86. The smallest absolute Gasteiger partial charge is 0.138 e. The predicted octanol–water partition coefficient (Wildman–Crippen LogP) is 6.73. The van der Waals surface area contributed by atoms with Crippen LogP contribution in [0.5, 0.6) is 0 Å². The number of rotatable bonds is 5. The number of hydrogen-bond acceptors (Lipinski definition) is 1. The van der Waals surface area contributed by atoms with Gasteiger partial charge in [0.2, 0.25) is 0 Å². The van der Waals surface area contributed by atoms with Crippen LogP contribution in [0.15, 0.2) is 84.9 Å². The van der Waals surface area contributed by atoms with Crippen LogP contribution in [0.4, 0.5) is 4.39 Å². The van der Waals surface area contributed by atoms with Gasteiger partial charge in [0.15, 0.2) is 0 Å². The lowest BCUT2D eigenvalue weighted by molar-refractivity contribution is 0.158. The first kappa shape index (κ1) is 19.1. The van der Waals surface area contributed by atoms with Crippen molar-refractivity contribution in [2.45, 2.75) is 24.9 Å². The van der Waals surface area contributed by atoms with Crippen LogP contribution < -0.4 is 0 Å². The Morgan fingerprint density at radius 2 is 1.47 bits per heavy atom. The third-order valence-corrected chi connectivity index (χ3v) is 6.38. The fourth-order valence-electron chi connectivity index (χ4n) is 4.82. The third kappa shape index (κ3) is 3.78. The van der Waals surface area contributed by atoms with Gasteiger partial charge in [-0.05, 0) is 54.6 Å². The number of H-pyrrole nitrogens is 1. The standard InChI is InChI=1S/C27H27FN2/c28-24(20-9-3-1-4-10-20)19-30-17-15-21(16-18-30)26-23-13-7-8-14-25(23)29-27(26)22-11-5-2-6-12-22/h1-14,21,24,29H,15-19H2. The Morgan fingerprint density at radius 3 is 2.20 bits per heavy atom. The Kier molecular flexibility index (Phi) is 5.37. The molecule has 0 bridgehead atoms. The molecule has 1 aliphatic heterocycles. The van der Waals surface area contributed by atoms with Crippen molar-refractivity contribution in [2.75, 3.05) is 19.6 Å². The molecule has 3 aromatic carbocycles. The minimum atomic E-state index is -0.921. The zero-order valence-electron chi connectivity index (χ0n) is 17.1. The first-order chi connectivity index (χ1) is 14.8. The summed E-state index contributed by atoms with van der Waals surface area (Å²) in [6, 6.07) is 28.7. The van der Waals surface area contributed by atoms with Gasteiger partial charge in [-0.3, -0.25) is 0 Å². The van der Waals surface area contributed by atoms with Crippen LogP contribution in [-0.2, 0) is 0 Å². The highest BCUT2D eigenvalue weighted by molar-refractivity contribution is 5.91. The number of aromatic amines is 1. The molecule has 4 aromatic rings. The molecule has 1 N–H and O–H groups in total. The second kappa shape index (κ2) is 8.45. The van der Waals surface area contributed by atoms with Gasteiger partial charge in [-0.25, -0.2) is 4.39 Å². The van der Waals surface area contributed by atoms with Crippen molar-refractivity contribution in [3.63, 3.8) is 0 Å². The molecule has 5 rings (SSSR count). The summed E-state index contributed by atoms with van der Waals surface area (Å²) in [5.74, 6) is 0.488. The maximum atomic E-state index is 14.7. The molecule has 0 radical (unpaired) electrons. The normalized spacial score (nSPS) is 16.7. The van der Waals surface area contributed by atoms with Gasteiger partial charge in [-0.2, -0.15) is 0 Å². The number of hydrogen-bond donors (Lipinski definition) is 1. The van der Waals surface area contributed by atoms with Crippen molar-refractivity contribution >= 4 is 10.9 Å². The zero-order valence-corrected chi connectivity index (χ0v) is 17.1. The quantitative estimate of drug-likeness (QED) is 0.395. The molecule has 1 aliphatic rings. The van der Waals surface area contributed by atoms with E-state index in [0.29, 0.717) is 12.5 Å². The van der Waals surface area contributed by atoms with E-state index in [-0.39, 0.29) is 0 Å². The minimum Gasteiger partial charge on any atom is -0.354 e. The average molecular weight is 399 g/mol. The van der Waals surface area contributed by atoms with Crippen molar-refractivity contribution in [1.29, 1.82) is 0 Å². The Hall–Kier alpha value is -2.91. The van der Waals surface area contributed by atoms with Crippen LogP contribution in [-0.4, -0.2) is 29.5 Å². The fraction of sp³-hybridized carbons (Fsp3) is 0.259. The van der Waals surface area contributed by atoms with Gasteiger partial charge in [0, 0.05) is 23.1 Å². The van der Waals surface area contributed by atoms with E-state index < -0.39 is 6.17 Å². The maximum Gasteiger partial charge on any atom is 0.138 e. The molecule has 0 saturated carbocycles. The minimum absolute atomic E-state index is 0.482. The Morgan fingerprint density at radius 1 is 0.833 bits per heavy atom. The fourth-order valence-corrected chi connectivity index (χ4v) is 4.82. The lowest BCUT2D eigenvalue weighted by Crippen LogP contribution is -2.35. The van der Waals surface area contributed by atoms with Crippen LogP contribution >= 0.6 is 0 Å². The van der Waals surface area contributed by atoms with Gasteiger partial charge in [0.1, 0.15) is 6.17 Å². The molecule has 0 amide bonds. The van der Waals surface area contributed by atoms with Crippen LogP contribution in [0.25, 0.3) is 22.2 Å². The molecule has 152 valence electrons. The Labute approximate surface area is 177 Å². The summed E-state index contributed by atoms with van der Waals surface area (Å²) in [7, 11) is 0. The van der Waals surface area contributed by atoms with E-state index in [1.54, 1.807) is 0 Å². The van der Waals surface area contributed by atoms with E-state index in [9.17, 15) is 4.39 Å². The number of benzene rings is 3. The highest BCUT2D eigenvalue weighted by Gasteiger charge is 2.27. The summed E-state index contributed by atoms with van der Waals surface area (Å²) in [6.45, 7) is 2.35. The van der Waals surface area contributed by atoms with Crippen LogP contribution in [0.1, 0.15) is 36.1 Å². The first-order valence-corrected chi connectivity index (χ1v) is 10.9. The zero-order chi connectivity index (χ0) is 20.3. The van der Waals surface area contributed by atoms with Crippen LogP contribution in [0.2, 0.25) is 0 Å². The monoisotopic (exact) mass is 398 g/mol. The van der Waals surface area contributed by atoms with Crippen molar-refractivity contribution < 1.29 is 4.39 Å². The molecule has 0 aliphatic carbocycles. The molecule has 1 atom stereocenters. The van der Waals surface area contributed by atoms with E-state index in [4.69, 9.17) is 0 Å². The molecule has 1 aromatic heterocycles. The molecule has 0 spiro atoms. The van der Waals surface area contributed by atoms with Gasteiger partial charge in [0.05, 0.1) is 0 Å². The maximum absolute atomic E-state index is 14.7. The Bertz CT molecular complexity index is 1100. The topological polar surface area (TPSA) is 19.0 Å². The van der Waals surface area contributed by atoms with Crippen molar-refractivity contribution in [1.82, 2.24) is 9.88 Å². The van der Waals surface area contributed by atoms with E-state index in [0.717, 1.165) is 31.5 Å². The number of nitrogens with zero attached hydrogens (tertiary/aromatic N) is 1. The predicted molar refractivity (Wildman–Crippen MR) is 122 cm³/mol. The first-order valence-electron chi connectivity index (χ1n) is 10.9. The number of piperidine rings is 1. The summed E-state index contributed by atoms with van der Waals surface area (Å²) in [6.07, 6.45) is 1.20. The summed E-state index contributed by atoms with van der Waals surface area (Å²) < 4.78 is 14.7. The largest absolute Gasteiger partial charge is 0.354 e. The lowest BCUT2D eigenvalue weighted by Gasteiger charge is -2.33. The number of halogens is 1. The van der Waals surface area contributed by atoms with Crippen molar-refractivity contribution in [2.24, 2.45) is 0 Å². The molecule has 2 nitrogen and oxygen atoms in total. The van der Waals surface area contributed by atoms with Crippen molar-refractivity contribution in [3.05, 3.63) is 96.1 Å². The van der Waals surface area contributed by atoms with Crippen LogP contribution in [0.3, 0.4) is 0 Å². The Balaban J connectivity index is 1.36. The summed E-state index contributed by atoms with van der Waals surface area (Å²) in [5, 5.41) is 1.32. The van der Waals surface area contributed by atoms with Gasteiger partial charge >= 0.3 is 0 Å². The highest BCUT2D eigenvalue weighted by Crippen LogP contribution is 2.40. The number of alkyl halides is 1. The number of likely N-dealkylation sites (tertiary alicyclic amines) is 1. The number of para-hydroxylation sites is 1. The van der Waals surface area contributed by atoms with Crippen LogP contribution in [0, 0.1) is 0 Å². The molecule has 1 unspecified atom stereocenters. The van der Waals surface area contributed by atoms with Gasteiger partial charge < -0.3 is 9.88 Å². The third-order valence-electron chi connectivity index (χ3n) is 6.38. The summed E-state index contributed by atoms with van der Waals surface area (Å²) >= 11 is 0. The van der Waals surface area contributed by atoms with Crippen molar-refractivity contribution in [3.8, 4) is 11.3 Å². The molecule has 3 heteroatoms. The van der Waals surface area contributed by atoms with Gasteiger partial charge in [-0.15, -0.1) is 0 Å². The van der Waals surface area contributed by atoms with Gasteiger partial charge in [0.25, 0.3) is 0 Å². The highest BCUT2D eigenvalue weighted by atomic mass is 19.1. The number of aromatic nitrogens is 1. The van der Waals surface area contributed by atoms with Gasteiger partial charge in [-0.1, -0.05) is 78.9 Å². The molecular weight excluding hydrogens is 371 g/mol. The van der Waals surface area contributed by atoms with E-state index >= 15 is 0 Å².